The van der Waals surface area contributed by atoms with Crippen LogP contribution >= 0.6 is 0 Å². The van der Waals surface area contributed by atoms with Gasteiger partial charge in [-0.05, 0) is 24.1 Å². The molecule has 0 fully saturated rings. The van der Waals surface area contributed by atoms with Gasteiger partial charge in [0.2, 0.25) is 0 Å². The van der Waals surface area contributed by atoms with Crippen molar-refractivity contribution in [1.82, 2.24) is 10.3 Å². The highest BCUT2D eigenvalue weighted by Gasteiger charge is 2.17. The van der Waals surface area contributed by atoms with E-state index in [2.05, 4.69) is 35.3 Å². The number of hydrogen-bond acceptors (Lipinski definition) is 2. The Bertz CT molecular complexity index is 489. The highest BCUT2D eigenvalue weighted by atomic mass is 15.0. The summed E-state index contributed by atoms with van der Waals surface area (Å²) in [5.74, 6) is 2.78. The minimum atomic E-state index is 0.0309. The van der Waals surface area contributed by atoms with Crippen molar-refractivity contribution in [2.24, 2.45) is 0 Å². The second-order valence-electron chi connectivity index (χ2n) is 4.39. The van der Waals surface area contributed by atoms with E-state index < -0.39 is 0 Å². The molecule has 0 aliphatic heterocycles. The van der Waals surface area contributed by atoms with E-state index in [4.69, 9.17) is 6.42 Å². The maximum atomic E-state index is 5.55. The molecule has 2 rings (SSSR count). The van der Waals surface area contributed by atoms with Crippen molar-refractivity contribution < 1.29 is 0 Å². The van der Waals surface area contributed by atoms with E-state index in [1.807, 2.05) is 42.6 Å². The second kappa shape index (κ2) is 6.72. The number of nitrogens with zero attached hydrogens (tertiary/aromatic N) is 1. The molecule has 0 bridgehead atoms. The van der Waals surface area contributed by atoms with E-state index in [-0.39, 0.29) is 12.1 Å². The van der Waals surface area contributed by atoms with Crippen LogP contribution in [0.15, 0.2) is 54.7 Å². The number of nitrogens with one attached hydrogen (secondary N) is 1. The first kappa shape index (κ1) is 13.3. The lowest BCUT2D eigenvalue weighted by Gasteiger charge is -2.22. The molecule has 1 aromatic heterocycles. The average Bonchev–Trinajstić information content (AvgIpc) is 2.50. The van der Waals surface area contributed by atoms with Gasteiger partial charge in [0.05, 0.1) is 17.8 Å². The maximum Gasteiger partial charge on any atom is 0.0760 e. The van der Waals surface area contributed by atoms with Crippen LogP contribution in [0.2, 0.25) is 0 Å². The molecule has 96 valence electrons. The highest BCUT2D eigenvalue weighted by molar-refractivity contribution is 5.28. The van der Waals surface area contributed by atoms with E-state index in [9.17, 15) is 0 Å². The van der Waals surface area contributed by atoms with Crippen molar-refractivity contribution >= 4 is 0 Å². The second-order valence-corrected chi connectivity index (χ2v) is 4.39. The normalized spacial score (nSPS) is 13.5. The van der Waals surface area contributed by atoms with Crippen LogP contribution in [0.5, 0.6) is 0 Å². The Kier molecular flexibility index (Phi) is 4.72. The molecule has 1 heterocycles. The molecule has 2 atom stereocenters. The molecule has 19 heavy (non-hydrogen) atoms. The standard InChI is InChI=1S/C17H18N2/c1-3-15(4-2)19-17(14-10-6-5-7-11-14)16-12-8-9-13-18-16/h1,5-13,15,17,19H,4H2,2H3. The van der Waals surface area contributed by atoms with Gasteiger partial charge in [-0.2, -0.15) is 0 Å². The van der Waals surface area contributed by atoms with Gasteiger partial charge in [0, 0.05) is 6.20 Å². The molecule has 0 aliphatic carbocycles. The van der Waals surface area contributed by atoms with Gasteiger partial charge in [0.25, 0.3) is 0 Å². The first-order chi connectivity index (χ1) is 9.35. The number of pyridine rings is 1. The summed E-state index contributed by atoms with van der Waals surface area (Å²) < 4.78 is 0. The largest absolute Gasteiger partial charge is 0.292 e. The quantitative estimate of drug-likeness (QED) is 0.824. The molecule has 1 aromatic carbocycles. The summed E-state index contributed by atoms with van der Waals surface area (Å²) in [5, 5.41) is 3.49. The van der Waals surface area contributed by atoms with Gasteiger partial charge in [0.15, 0.2) is 0 Å². The zero-order chi connectivity index (χ0) is 13.5. The van der Waals surface area contributed by atoms with Crippen molar-refractivity contribution in [3.63, 3.8) is 0 Å². The molecular weight excluding hydrogens is 232 g/mol. The molecule has 2 nitrogen and oxygen atoms in total. The van der Waals surface area contributed by atoms with Gasteiger partial charge in [0.1, 0.15) is 0 Å². The lowest BCUT2D eigenvalue weighted by molar-refractivity contribution is 0.526. The third kappa shape index (κ3) is 3.43. The van der Waals surface area contributed by atoms with Gasteiger partial charge in [-0.1, -0.05) is 49.2 Å². The topological polar surface area (TPSA) is 24.9 Å². The van der Waals surface area contributed by atoms with Crippen LogP contribution in [-0.4, -0.2) is 11.0 Å². The molecule has 0 spiro atoms. The molecule has 2 unspecified atom stereocenters. The fraction of sp³-hybridized carbons (Fsp3) is 0.235. The van der Waals surface area contributed by atoms with Crippen LogP contribution in [0.25, 0.3) is 0 Å². The first-order valence-corrected chi connectivity index (χ1v) is 6.53. The van der Waals surface area contributed by atoms with Crippen LogP contribution in [0, 0.1) is 12.3 Å². The van der Waals surface area contributed by atoms with Crippen LogP contribution in [0.3, 0.4) is 0 Å². The molecular formula is C17H18N2. The molecule has 2 aromatic rings. The lowest BCUT2D eigenvalue weighted by Crippen LogP contribution is -2.32. The predicted octanol–water partition coefficient (Wildman–Crippen LogP) is 3.17. The molecule has 0 saturated carbocycles. The number of benzene rings is 1. The average molecular weight is 250 g/mol. The van der Waals surface area contributed by atoms with Crippen molar-refractivity contribution in [2.75, 3.05) is 0 Å². The summed E-state index contributed by atoms with van der Waals surface area (Å²) in [4.78, 5) is 4.45. The van der Waals surface area contributed by atoms with Gasteiger partial charge in [-0.15, -0.1) is 6.42 Å². The minimum Gasteiger partial charge on any atom is -0.292 e. The molecule has 0 aliphatic rings. The minimum absolute atomic E-state index is 0.0309. The van der Waals surface area contributed by atoms with Crippen molar-refractivity contribution in [2.45, 2.75) is 25.4 Å². The van der Waals surface area contributed by atoms with Crippen molar-refractivity contribution in [3.05, 3.63) is 66.0 Å². The highest BCUT2D eigenvalue weighted by Crippen LogP contribution is 2.20. The number of terminal acetylenes is 1. The van der Waals surface area contributed by atoms with Crippen LogP contribution in [0.1, 0.15) is 30.6 Å². The Hall–Kier alpha value is -2.11. The van der Waals surface area contributed by atoms with E-state index in [0.717, 1.165) is 12.1 Å². The Balaban J connectivity index is 2.32. The van der Waals surface area contributed by atoms with Gasteiger partial charge < -0.3 is 0 Å². The third-order valence-electron chi connectivity index (χ3n) is 3.09. The fourth-order valence-corrected chi connectivity index (χ4v) is 2.03. The number of hydrogen-bond donors (Lipinski definition) is 1. The van der Waals surface area contributed by atoms with Crippen molar-refractivity contribution in [1.29, 1.82) is 0 Å². The van der Waals surface area contributed by atoms with Crippen LogP contribution < -0.4 is 5.32 Å². The Morgan fingerprint density at radius 3 is 2.47 bits per heavy atom. The third-order valence-corrected chi connectivity index (χ3v) is 3.09. The summed E-state index contributed by atoms with van der Waals surface area (Å²) in [6, 6.07) is 16.3. The molecule has 0 saturated heterocycles. The first-order valence-electron chi connectivity index (χ1n) is 6.53. The Labute approximate surface area is 114 Å². The molecule has 1 N–H and O–H groups in total. The van der Waals surface area contributed by atoms with Gasteiger partial charge >= 0.3 is 0 Å². The Morgan fingerprint density at radius 1 is 1.16 bits per heavy atom. The van der Waals surface area contributed by atoms with E-state index in [1.165, 1.54) is 5.56 Å². The zero-order valence-electron chi connectivity index (χ0n) is 11.1. The van der Waals surface area contributed by atoms with Crippen molar-refractivity contribution in [3.8, 4) is 12.3 Å². The maximum absolute atomic E-state index is 5.55. The Morgan fingerprint density at radius 2 is 1.89 bits per heavy atom. The lowest BCUT2D eigenvalue weighted by atomic mass is 10.0. The van der Waals surface area contributed by atoms with E-state index in [0.29, 0.717) is 0 Å². The van der Waals surface area contributed by atoms with Crippen LogP contribution in [0.4, 0.5) is 0 Å². The zero-order valence-corrected chi connectivity index (χ0v) is 11.1. The number of rotatable bonds is 5. The van der Waals surface area contributed by atoms with Gasteiger partial charge in [-0.3, -0.25) is 10.3 Å². The molecule has 2 heteroatoms. The van der Waals surface area contributed by atoms with E-state index in [1.54, 1.807) is 0 Å². The fourth-order valence-electron chi connectivity index (χ4n) is 2.03. The summed E-state index contributed by atoms with van der Waals surface area (Å²) in [6.07, 6.45) is 8.26. The number of aromatic nitrogens is 1. The van der Waals surface area contributed by atoms with Crippen LogP contribution in [-0.2, 0) is 0 Å². The molecule has 0 radical (unpaired) electrons. The summed E-state index contributed by atoms with van der Waals surface area (Å²) >= 11 is 0. The monoisotopic (exact) mass is 250 g/mol. The molecule has 0 amide bonds. The summed E-state index contributed by atoms with van der Waals surface area (Å²) in [7, 11) is 0. The summed E-state index contributed by atoms with van der Waals surface area (Å²) in [5.41, 5.74) is 2.16. The smallest absolute Gasteiger partial charge is 0.0760 e. The SMILES string of the molecule is C#CC(CC)NC(c1ccccc1)c1ccccn1. The van der Waals surface area contributed by atoms with E-state index >= 15 is 0 Å². The predicted molar refractivity (Wildman–Crippen MR) is 78.6 cm³/mol. The van der Waals surface area contributed by atoms with Gasteiger partial charge in [-0.25, -0.2) is 0 Å². The summed E-state index contributed by atoms with van der Waals surface area (Å²) in [6.45, 7) is 2.08.